The predicted molar refractivity (Wildman–Crippen MR) is 195 cm³/mol. The topological polar surface area (TPSA) is 226 Å². The largest absolute Gasteiger partial charge is 0.508 e. The number of amides is 5. The number of nitrogens with one attached hydrogen (secondary N) is 4. The van der Waals surface area contributed by atoms with Crippen LogP contribution in [0, 0.1) is 13.8 Å². The molecule has 2 aromatic rings. The molecule has 2 aromatic carbocycles. The van der Waals surface area contributed by atoms with Gasteiger partial charge in [-0.15, -0.1) is 0 Å². The fourth-order valence-electron chi connectivity index (χ4n) is 6.45. The maximum Gasteiger partial charge on any atom is 0.247 e. The summed E-state index contributed by atoms with van der Waals surface area (Å²) in [4.78, 5) is 67.8. The van der Waals surface area contributed by atoms with Gasteiger partial charge in [0.2, 0.25) is 29.5 Å². The molecule has 1 saturated heterocycles. The molecule has 1 aliphatic carbocycles. The van der Waals surface area contributed by atoms with Crippen molar-refractivity contribution in [1.29, 1.82) is 0 Å². The molecule has 4 rings (SSSR count). The van der Waals surface area contributed by atoms with E-state index in [9.17, 15) is 34.2 Å². The number of hydrogen-bond donors (Lipinski definition) is 8. The summed E-state index contributed by atoms with van der Waals surface area (Å²) >= 11 is 2.85. The molecule has 5 atom stereocenters. The van der Waals surface area contributed by atoms with Gasteiger partial charge < -0.3 is 42.9 Å². The Labute approximate surface area is 300 Å². The number of phenols is 1. The summed E-state index contributed by atoms with van der Waals surface area (Å²) in [6.07, 6.45) is -0.827. The lowest BCUT2D eigenvalue weighted by atomic mass is 9.91. The molecule has 2 aliphatic rings. The van der Waals surface area contributed by atoms with Crippen LogP contribution in [0.3, 0.4) is 0 Å². The molecule has 13 nitrogen and oxygen atoms in total. The molecule has 0 bridgehead atoms. The molecular formula is C35H48N6O7S2. The maximum atomic E-state index is 14.5. The highest BCUT2D eigenvalue weighted by Gasteiger charge is 2.49. The zero-order valence-electron chi connectivity index (χ0n) is 29.0. The van der Waals surface area contributed by atoms with Crippen LogP contribution in [-0.2, 0) is 43.2 Å². The first-order valence-electron chi connectivity index (χ1n) is 16.5. The summed E-state index contributed by atoms with van der Waals surface area (Å²) in [5, 5.41) is 31.2. The van der Waals surface area contributed by atoms with Gasteiger partial charge >= 0.3 is 0 Å². The van der Waals surface area contributed by atoms with Gasteiger partial charge in [-0.05, 0) is 81.0 Å². The van der Waals surface area contributed by atoms with Crippen molar-refractivity contribution in [3.05, 3.63) is 64.2 Å². The Balaban J connectivity index is 1.64. The fourth-order valence-corrected chi connectivity index (χ4v) is 8.75. The highest BCUT2D eigenvalue weighted by Crippen LogP contribution is 2.34. The highest BCUT2D eigenvalue weighted by molar-refractivity contribution is 8.03. The average Bonchev–Trinajstić information content (AvgIpc) is 3.41. The summed E-state index contributed by atoms with van der Waals surface area (Å²) in [5.41, 5.74) is 14.4. The number of aliphatic hydroxyl groups is 1. The van der Waals surface area contributed by atoms with E-state index >= 15 is 0 Å². The standard InChI is InChI=1S/C35H48N6O7S2/c1-18-12-23(43)13-19(2)24(18)14-25(36)30(45)38-26-17-49-10-11-50-34(4,5)28(32(47)39-27(20(3)42)29(37)44)40-33(48)35(41-31(26)46)15-21-8-6-7-9-22(21)16-35/h6-9,12-13,20,25-28,42-43H,10-11,14-17,36H2,1-5H3,(H2,37,44)(H,38,45)(H,39,47)(H,40,48)(H,41,46)/t20?,25-,26+,27-,28-/m0/s1. The first-order chi connectivity index (χ1) is 23.4. The monoisotopic (exact) mass is 728 g/mol. The smallest absolute Gasteiger partial charge is 0.247 e. The van der Waals surface area contributed by atoms with Crippen LogP contribution in [0.1, 0.15) is 48.6 Å². The summed E-state index contributed by atoms with van der Waals surface area (Å²) in [7, 11) is 0. The predicted octanol–water partition coefficient (Wildman–Crippen LogP) is 0.112. The second-order valence-electron chi connectivity index (χ2n) is 13.7. The van der Waals surface area contributed by atoms with Crippen molar-refractivity contribution in [2.75, 3.05) is 17.3 Å². The third kappa shape index (κ3) is 9.11. The first-order valence-corrected chi connectivity index (χ1v) is 18.6. The SMILES string of the molecule is Cc1cc(O)cc(C)c1C[C@H](N)C(=O)N[C@@H]1CSCCSC(C)(C)[C@H](C(=O)N[C@H](C(N)=O)C(C)O)NC(=O)C2(Cc3ccccc3C2)NC1=O. The van der Waals surface area contributed by atoms with E-state index in [0.29, 0.717) is 11.5 Å². The van der Waals surface area contributed by atoms with Crippen molar-refractivity contribution in [3.8, 4) is 5.75 Å². The van der Waals surface area contributed by atoms with Crippen LogP contribution in [0.15, 0.2) is 36.4 Å². The molecule has 5 amide bonds. The van der Waals surface area contributed by atoms with Gasteiger partial charge in [0.05, 0.1) is 12.1 Å². The number of thioether (sulfide) groups is 2. The number of rotatable bonds is 8. The molecule has 272 valence electrons. The normalized spacial score (nSPS) is 22.3. The maximum absolute atomic E-state index is 14.5. The molecule has 0 saturated carbocycles. The van der Waals surface area contributed by atoms with E-state index in [1.807, 2.05) is 38.1 Å². The van der Waals surface area contributed by atoms with Crippen LogP contribution in [-0.4, -0.2) is 97.6 Å². The number of aromatic hydroxyl groups is 1. The van der Waals surface area contributed by atoms with E-state index in [2.05, 4.69) is 21.3 Å². The molecule has 1 aliphatic heterocycles. The van der Waals surface area contributed by atoms with Gasteiger partial charge in [-0.2, -0.15) is 23.5 Å². The summed E-state index contributed by atoms with van der Waals surface area (Å²) in [6, 6.07) is 6.03. The average molecular weight is 729 g/mol. The number of hydrogen-bond acceptors (Lipinski definition) is 10. The van der Waals surface area contributed by atoms with Gasteiger partial charge in [0.1, 0.15) is 29.4 Å². The molecule has 1 spiro atoms. The van der Waals surface area contributed by atoms with Crippen molar-refractivity contribution in [2.45, 2.75) is 94.4 Å². The first kappa shape index (κ1) is 39.0. The van der Waals surface area contributed by atoms with E-state index in [1.165, 1.54) is 30.4 Å². The van der Waals surface area contributed by atoms with Crippen molar-refractivity contribution in [1.82, 2.24) is 21.3 Å². The third-order valence-electron chi connectivity index (χ3n) is 9.28. The summed E-state index contributed by atoms with van der Waals surface area (Å²) in [6.45, 7) is 8.57. The van der Waals surface area contributed by atoms with Gasteiger partial charge in [0.15, 0.2) is 0 Å². The second kappa shape index (κ2) is 16.0. The van der Waals surface area contributed by atoms with Crippen molar-refractivity contribution < 1.29 is 34.2 Å². The van der Waals surface area contributed by atoms with Crippen LogP contribution in [0.4, 0.5) is 0 Å². The number of benzene rings is 2. The minimum Gasteiger partial charge on any atom is -0.508 e. The Morgan fingerprint density at radius 1 is 1.06 bits per heavy atom. The number of fused-ring (bicyclic) bond motifs is 1. The lowest BCUT2D eigenvalue weighted by molar-refractivity contribution is -0.138. The molecule has 0 radical (unpaired) electrons. The highest BCUT2D eigenvalue weighted by atomic mass is 32.2. The molecule has 1 fully saturated rings. The molecule has 0 aromatic heterocycles. The fraction of sp³-hybridized carbons (Fsp3) is 0.514. The number of aliphatic hydroxyl groups excluding tert-OH is 1. The number of phenolic OH excluding ortho intramolecular Hbond substituents is 1. The number of nitrogens with two attached hydrogens (primary N) is 2. The van der Waals surface area contributed by atoms with Crippen LogP contribution in [0.5, 0.6) is 5.75 Å². The van der Waals surface area contributed by atoms with Gasteiger partial charge in [0.25, 0.3) is 0 Å². The van der Waals surface area contributed by atoms with Crippen molar-refractivity contribution in [3.63, 3.8) is 0 Å². The number of primary amides is 1. The van der Waals surface area contributed by atoms with E-state index in [4.69, 9.17) is 11.5 Å². The van der Waals surface area contributed by atoms with Crippen LogP contribution >= 0.6 is 23.5 Å². The Hall–Kier alpha value is -3.79. The Bertz CT molecular complexity index is 1590. The number of aryl methyl sites for hydroxylation is 2. The molecule has 15 heteroatoms. The van der Waals surface area contributed by atoms with Crippen LogP contribution in [0.25, 0.3) is 0 Å². The second-order valence-corrected chi connectivity index (χ2v) is 16.6. The van der Waals surface area contributed by atoms with Gasteiger partial charge in [0, 0.05) is 34.8 Å². The van der Waals surface area contributed by atoms with Crippen molar-refractivity contribution >= 4 is 53.1 Å². The van der Waals surface area contributed by atoms with Crippen LogP contribution < -0.4 is 32.7 Å². The number of carbonyl (C=O) groups is 5. The van der Waals surface area contributed by atoms with Crippen molar-refractivity contribution in [2.24, 2.45) is 11.5 Å². The quantitative estimate of drug-likeness (QED) is 0.183. The molecular weight excluding hydrogens is 681 g/mol. The lowest BCUT2D eigenvalue weighted by Gasteiger charge is -2.38. The van der Waals surface area contributed by atoms with E-state index in [-0.39, 0.29) is 30.8 Å². The van der Waals surface area contributed by atoms with Crippen LogP contribution in [0.2, 0.25) is 0 Å². The third-order valence-corrected chi connectivity index (χ3v) is 12.0. The minimum absolute atomic E-state index is 0.120. The molecule has 50 heavy (non-hydrogen) atoms. The van der Waals surface area contributed by atoms with Gasteiger partial charge in [-0.1, -0.05) is 24.3 Å². The van der Waals surface area contributed by atoms with E-state index in [0.717, 1.165) is 27.8 Å². The van der Waals surface area contributed by atoms with Gasteiger partial charge in [-0.25, -0.2) is 0 Å². The van der Waals surface area contributed by atoms with Gasteiger partial charge in [-0.3, -0.25) is 24.0 Å². The van der Waals surface area contributed by atoms with E-state index in [1.54, 1.807) is 26.0 Å². The molecule has 10 N–H and O–H groups in total. The Morgan fingerprint density at radius 3 is 2.22 bits per heavy atom. The summed E-state index contributed by atoms with van der Waals surface area (Å²) in [5.74, 6) is -1.98. The minimum atomic E-state index is -1.52. The van der Waals surface area contributed by atoms with E-state index < -0.39 is 70.1 Å². The molecule has 1 heterocycles. The summed E-state index contributed by atoms with van der Waals surface area (Å²) < 4.78 is -0.906. The number of carbonyl (C=O) groups excluding carboxylic acids is 5. The lowest BCUT2D eigenvalue weighted by Crippen LogP contribution is -2.68. The Kier molecular flexibility index (Phi) is 12.5. The Morgan fingerprint density at radius 2 is 1.66 bits per heavy atom. The zero-order chi connectivity index (χ0) is 37.0. The molecule has 1 unspecified atom stereocenters. The zero-order valence-corrected chi connectivity index (χ0v) is 30.6.